The minimum absolute atomic E-state index is 0.330. The number of allylic oxidation sites excluding steroid dienone is 4. The predicted octanol–water partition coefficient (Wildman–Crippen LogP) is 4.95. The summed E-state index contributed by atoms with van der Waals surface area (Å²) < 4.78 is 26.4. The first-order valence-electron chi connectivity index (χ1n) is 7.09. The molecule has 0 atom stereocenters. The van der Waals surface area contributed by atoms with Gasteiger partial charge in [-0.15, -0.1) is 0 Å². The molecule has 4 heteroatoms. The summed E-state index contributed by atoms with van der Waals surface area (Å²) in [6.45, 7) is 1.87. The van der Waals surface area contributed by atoms with E-state index < -0.39 is 11.6 Å². The van der Waals surface area contributed by atoms with E-state index in [1.807, 2.05) is 31.2 Å². The van der Waals surface area contributed by atoms with Crippen molar-refractivity contribution in [1.29, 1.82) is 0 Å². The first kappa shape index (κ1) is 16.5. The van der Waals surface area contributed by atoms with Gasteiger partial charge in [0.1, 0.15) is 11.6 Å². The first-order valence-corrected chi connectivity index (χ1v) is 7.09. The van der Waals surface area contributed by atoms with Gasteiger partial charge in [-0.3, -0.25) is 9.98 Å². The van der Waals surface area contributed by atoms with Crippen LogP contribution in [0.15, 0.2) is 77.6 Å². The first-order chi connectivity index (χ1) is 11.2. The van der Waals surface area contributed by atoms with Gasteiger partial charge in [-0.2, -0.15) is 0 Å². The molecule has 0 bridgehead atoms. The normalized spacial score (nSPS) is 12.7. The zero-order chi connectivity index (χ0) is 16.5. The summed E-state index contributed by atoms with van der Waals surface area (Å²) in [7, 11) is 0. The molecule has 0 amide bonds. The highest BCUT2D eigenvalue weighted by molar-refractivity contribution is 5.77. The lowest BCUT2D eigenvalue weighted by atomic mass is 10.1. The van der Waals surface area contributed by atoms with Crippen LogP contribution in [0.3, 0.4) is 0 Å². The number of benzene rings is 1. The van der Waals surface area contributed by atoms with Crippen LogP contribution in [0.25, 0.3) is 6.08 Å². The highest BCUT2D eigenvalue weighted by Gasteiger charge is 1.99. The van der Waals surface area contributed by atoms with Crippen LogP contribution in [0, 0.1) is 11.6 Å². The molecule has 0 aliphatic carbocycles. The summed E-state index contributed by atoms with van der Waals surface area (Å²) in [4.78, 5) is 8.27. The van der Waals surface area contributed by atoms with E-state index in [4.69, 9.17) is 0 Å². The van der Waals surface area contributed by atoms with Crippen molar-refractivity contribution in [3.8, 4) is 0 Å². The quantitative estimate of drug-likeness (QED) is 0.566. The monoisotopic (exact) mass is 310 g/mol. The molecule has 1 aromatic carbocycles. The second kappa shape index (κ2) is 8.54. The van der Waals surface area contributed by atoms with E-state index in [-0.39, 0.29) is 0 Å². The Hall–Kier alpha value is -2.88. The van der Waals surface area contributed by atoms with E-state index in [1.54, 1.807) is 36.8 Å². The smallest absolute Gasteiger partial charge is 0.133 e. The van der Waals surface area contributed by atoms with Crippen LogP contribution < -0.4 is 0 Å². The standard InChI is InChI=1S/C19H16F2N2/c1-2-15(6-7-16-8-9-17(20)13-19(16)21)10-12-22-14-18-5-3-4-11-23-18/h2-14H,1H3/b7-6-,12-10-,15-2-,22-14?. The summed E-state index contributed by atoms with van der Waals surface area (Å²) in [6.07, 6.45) is 12.0. The maximum Gasteiger partial charge on any atom is 0.133 e. The van der Waals surface area contributed by atoms with Crippen LogP contribution in [0.1, 0.15) is 18.2 Å². The third-order valence-electron chi connectivity index (χ3n) is 3.00. The molecule has 0 unspecified atom stereocenters. The van der Waals surface area contributed by atoms with Gasteiger partial charge in [-0.1, -0.05) is 24.3 Å². The molecule has 2 aromatic rings. The maximum absolute atomic E-state index is 13.5. The molecule has 1 aromatic heterocycles. The molecule has 0 fully saturated rings. The third kappa shape index (κ3) is 5.43. The number of halogens is 2. The second-order valence-corrected chi connectivity index (χ2v) is 4.64. The van der Waals surface area contributed by atoms with Crippen LogP contribution in [0.5, 0.6) is 0 Å². The molecule has 0 aliphatic rings. The number of pyridine rings is 1. The SMILES string of the molecule is C/C=C(\C=C/N=Cc1ccccn1)/C=C\c1ccc(F)cc1F. The molecule has 2 nitrogen and oxygen atoms in total. The fraction of sp³-hybridized carbons (Fsp3) is 0.0526. The molecule has 0 aliphatic heterocycles. The number of aliphatic imine (C=N–C) groups is 1. The predicted molar refractivity (Wildman–Crippen MR) is 90.1 cm³/mol. The van der Waals surface area contributed by atoms with Gasteiger partial charge in [-0.25, -0.2) is 8.78 Å². The van der Waals surface area contributed by atoms with Gasteiger partial charge >= 0.3 is 0 Å². The lowest BCUT2D eigenvalue weighted by molar-refractivity contribution is 0.581. The number of hydrogen-bond acceptors (Lipinski definition) is 2. The summed E-state index contributed by atoms with van der Waals surface area (Å²) in [5.74, 6) is -1.18. The molecule has 0 N–H and O–H groups in total. The molecular weight excluding hydrogens is 294 g/mol. The van der Waals surface area contributed by atoms with Gasteiger partial charge in [0.15, 0.2) is 0 Å². The van der Waals surface area contributed by atoms with Crippen molar-refractivity contribution >= 4 is 12.3 Å². The lowest BCUT2D eigenvalue weighted by Gasteiger charge is -1.97. The van der Waals surface area contributed by atoms with Crippen molar-refractivity contribution < 1.29 is 8.78 Å². The van der Waals surface area contributed by atoms with Gasteiger partial charge in [0.05, 0.1) is 11.9 Å². The molecular formula is C19H16F2N2. The van der Waals surface area contributed by atoms with Crippen LogP contribution >= 0.6 is 0 Å². The van der Waals surface area contributed by atoms with Crippen molar-refractivity contribution in [3.63, 3.8) is 0 Å². The van der Waals surface area contributed by atoms with Gasteiger partial charge in [-0.05, 0) is 42.8 Å². The molecule has 23 heavy (non-hydrogen) atoms. The largest absolute Gasteiger partial charge is 0.262 e. The molecule has 0 saturated heterocycles. The Morgan fingerprint density at radius 1 is 1.13 bits per heavy atom. The molecule has 0 radical (unpaired) electrons. The van der Waals surface area contributed by atoms with E-state index in [0.29, 0.717) is 5.56 Å². The Morgan fingerprint density at radius 2 is 2.00 bits per heavy atom. The van der Waals surface area contributed by atoms with Crippen LogP contribution in [0.2, 0.25) is 0 Å². The van der Waals surface area contributed by atoms with Crippen molar-refractivity contribution in [2.45, 2.75) is 6.92 Å². The van der Waals surface area contributed by atoms with E-state index in [2.05, 4.69) is 9.98 Å². The fourth-order valence-corrected chi connectivity index (χ4v) is 1.77. The van der Waals surface area contributed by atoms with E-state index in [1.165, 1.54) is 12.1 Å². The van der Waals surface area contributed by atoms with Gasteiger partial charge in [0.2, 0.25) is 0 Å². The average Bonchev–Trinajstić information content (AvgIpc) is 2.56. The van der Waals surface area contributed by atoms with Crippen LogP contribution in [-0.2, 0) is 0 Å². The zero-order valence-electron chi connectivity index (χ0n) is 12.7. The Kier molecular flexibility index (Phi) is 6.12. The third-order valence-corrected chi connectivity index (χ3v) is 3.00. The molecule has 116 valence electrons. The van der Waals surface area contributed by atoms with Crippen molar-refractivity contribution in [2.75, 3.05) is 0 Å². The number of rotatable bonds is 5. The highest BCUT2D eigenvalue weighted by Crippen LogP contribution is 2.13. The maximum atomic E-state index is 13.5. The Morgan fingerprint density at radius 3 is 2.70 bits per heavy atom. The van der Waals surface area contributed by atoms with Crippen LogP contribution in [0.4, 0.5) is 8.78 Å². The average molecular weight is 310 g/mol. The second-order valence-electron chi connectivity index (χ2n) is 4.64. The van der Waals surface area contributed by atoms with Gasteiger partial charge in [0.25, 0.3) is 0 Å². The minimum atomic E-state index is -0.589. The summed E-state index contributed by atoms with van der Waals surface area (Å²) in [6, 6.07) is 9.06. The van der Waals surface area contributed by atoms with Crippen molar-refractivity contribution in [1.82, 2.24) is 4.98 Å². The van der Waals surface area contributed by atoms with Gasteiger partial charge in [0, 0.05) is 24.0 Å². The fourth-order valence-electron chi connectivity index (χ4n) is 1.77. The van der Waals surface area contributed by atoms with Crippen LogP contribution in [-0.4, -0.2) is 11.2 Å². The molecule has 0 saturated carbocycles. The summed E-state index contributed by atoms with van der Waals surface area (Å²) in [5.41, 5.74) is 1.95. The van der Waals surface area contributed by atoms with Crippen molar-refractivity contribution in [2.24, 2.45) is 4.99 Å². The molecule has 2 rings (SSSR count). The Bertz CT molecular complexity index is 760. The zero-order valence-corrected chi connectivity index (χ0v) is 12.7. The van der Waals surface area contributed by atoms with E-state index in [9.17, 15) is 8.78 Å². The topological polar surface area (TPSA) is 25.2 Å². The Labute approximate surface area is 134 Å². The lowest BCUT2D eigenvalue weighted by Crippen LogP contribution is -1.84. The van der Waals surface area contributed by atoms with E-state index >= 15 is 0 Å². The minimum Gasteiger partial charge on any atom is -0.262 e. The molecule has 1 heterocycles. The summed E-state index contributed by atoms with van der Waals surface area (Å²) >= 11 is 0. The van der Waals surface area contributed by atoms with Crippen molar-refractivity contribution in [3.05, 3.63) is 95.5 Å². The Balaban J connectivity index is 2.01. The highest BCUT2D eigenvalue weighted by atomic mass is 19.1. The summed E-state index contributed by atoms with van der Waals surface area (Å²) in [5, 5.41) is 0. The molecule has 0 spiro atoms. The van der Waals surface area contributed by atoms with Gasteiger partial charge < -0.3 is 0 Å². The number of aromatic nitrogens is 1. The number of hydrogen-bond donors (Lipinski definition) is 0. The van der Waals surface area contributed by atoms with E-state index in [0.717, 1.165) is 17.3 Å². The number of nitrogens with zero attached hydrogens (tertiary/aromatic N) is 2.